The summed E-state index contributed by atoms with van der Waals surface area (Å²) in [5, 5.41) is -1.02. The number of carbonyl (C=O) groups excluding carboxylic acids is 2. The minimum Gasteiger partial charge on any atom is -0.298 e. The largest absolute Gasteiger partial charge is 0.298 e. The van der Waals surface area contributed by atoms with Crippen molar-refractivity contribution in [2.75, 3.05) is 0 Å². The highest BCUT2D eigenvalue weighted by molar-refractivity contribution is 6.32. The van der Waals surface area contributed by atoms with E-state index in [4.69, 9.17) is 23.2 Å². The Morgan fingerprint density at radius 3 is 1.42 bits per heavy atom. The van der Waals surface area contributed by atoms with E-state index in [2.05, 4.69) is 0 Å². The minimum absolute atomic E-state index is 0.109. The summed E-state index contributed by atoms with van der Waals surface area (Å²) in [6.07, 6.45) is 0.390. The number of hydrogen-bond donors (Lipinski definition) is 0. The Morgan fingerprint density at radius 2 is 1.25 bits per heavy atom. The lowest BCUT2D eigenvalue weighted by Gasteiger charge is -2.02. The van der Waals surface area contributed by atoms with Gasteiger partial charge in [-0.3, -0.25) is 9.59 Å². The molecule has 0 aromatic rings. The molecule has 12 heavy (non-hydrogen) atoms. The van der Waals surface area contributed by atoms with Crippen LogP contribution in [0.4, 0.5) is 0 Å². The molecule has 0 aliphatic carbocycles. The second-order valence-electron chi connectivity index (χ2n) is 2.66. The van der Waals surface area contributed by atoms with Crippen molar-refractivity contribution in [1.82, 2.24) is 0 Å². The fourth-order valence-electron chi connectivity index (χ4n) is 0.644. The van der Waals surface area contributed by atoms with Crippen LogP contribution in [-0.2, 0) is 9.59 Å². The molecular weight excluding hydrogens is 199 g/mol. The van der Waals surface area contributed by atoms with E-state index in [1.54, 1.807) is 13.8 Å². The molecule has 0 aliphatic rings. The predicted molar refractivity (Wildman–Crippen MR) is 49.9 cm³/mol. The smallest absolute Gasteiger partial charge is 0.150 e. The average Bonchev–Trinajstić information content (AvgIpc) is 1.98. The van der Waals surface area contributed by atoms with E-state index in [-0.39, 0.29) is 24.4 Å². The van der Waals surface area contributed by atoms with Crippen molar-refractivity contribution in [3.05, 3.63) is 0 Å². The molecule has 0 amide bonds. The van der Waals surface area contributed by atoms with Gasteiger partial charge in [0.1, 0.15) is 0 Å². The monoisotopic (exact) mass is 210 g/mol. The maximum Gasteiger partial charge on any atom is 0.150 e. The first-order valence-corrected chi connectivity index (χ1v) is 4.66. The molecule has 2 unspecified atom stereocenters. The molecule has 4 heteroatoms. The Balaban J connectivity index is 3.69. The Morgan fingerprint density at radius 1 is 1.00 bits per heavy atom. The van der Waals surface area contributed by atoms with Crippen LogP contribution in [0.2, 0.25) is 0 Å². The zero-order valence-corrected chi connectivity index (χ0v) is 8.65. The third-order valence-corrected chi connectivity index (χ3v) is 1.99. The standard InChI is InChI=1S/C8H12Cl2O2/c1-5(9)7(11)3-4-8(12)6(2)10/h5-6H,3-4H2,1-2H3. The molecule has 0 aromatic carbocycles. The van der Waals surface area contributed by atoms with Gasteiger partial charge in [0.05, 0.1) is 10.8 Å². The van der Waals surface area contributed by atoms with Crippen molar-refractivity contribution in [1.29, 1.82) is 0 Å². The van der Waals surface area contributed by atoms with Crippen LogP contribution in [0.15, 0.2) is 0 Å². The van der Waals surface area contributed by atoms with E-state index >= 15 is 0 Å². The molecule has 0 aliphatic heterocycles. The van der Waals surface area contributed by atoms with Crippen LogP contribution < -0.4 is 0 Å². The number of ketones is 2. The molecule has 0 rings (SSSR count). The first-order chi connectivity index (χ1) is 5.45. The molecule has 0 fully saturated rings. The van der Waals surface area contributed by atoms with Crippen LogP contribution >= 0.6 is 23.2 Å². The molecule has 70 valence electrons. The molecule has 0 N–H and O–H groups in total. The predicted octanol–water partition coefficient (Wildman–Crippen LogP) is 2.16. The Hall–Kier alpha value is -0.0800. The molecule has 2 nitrogen and oxygen atoms in total. The summed E-state index contributed by atoms with van der Waals surface area (Å²) >= 11 is 11.0. The second-order valence-corrected chi connectivity index (χ2v) is 3.97. The summed E-state index contributed by atoms with van der Waals surface area (Å²) < 4.78 is 0. The van der Waals surface area contributed by atoms with Gasteiger partial charge in [-0.1, -0.05) is 0 Å². The van der Waals surface area contributed by atoms with Crippen molar-refractivity contribution in [3.63, 3.8) is 0 Å². The van der Waals surface area contributed by atoms with E-state index in [0.29, 0.717) is 0 Å². The van der Waals surface area contributed by atoms with E-state index < -0.39 is 10.8 Å². The molecule has 2 atom stereocenters. The Labute approximate surface area is 82.2 Å². The van der Waals surface area contributed by atoms with Gasteiger partial charge in [-0.05, 0) is 13.8 Å². The quantitative estimate of drug-likeness (QED) is 0.653. The highest BCUT2D eigenvalue weighted by atomic mass is 35.5. The number of halogens is 2. The molecule has 0 saturated carbocycles. The zero-order valence-electron chi connectivity index (χ0n) is 7.14. The number of rotatable bonds is 5. The number of Topliss-reactive ketones (excluding diaryl/α,β-unsaturated/α-hetero) is 2. The SMILES string of the molecule is CC(Cl)C(=O)CCC(=O)C(C)Cl. The summed E-state index contributed by atoms with van der Waals surface area (Å²) in [6, 6.07) is 0. The molecule has 0 aromatic heterocycles. The van der Waals surface area contributed by atoms with Crippen LogP contribution in [0.1, 0.15) is 26.7 Å². The average molecular weight is 211 g/mol. The van der Waals surface area contributed by atoms with Crippen molar-refractivity contribution in [3.8, 4) is 0 Å². The van der Waals surface area contributed by atoms with Crippen LogP contribution in [-0.4, -0.2) is 22.3 Å². The van der Waals surface area contributed by atoms with Crippen molar-refractivity contribution >= 4 is 34.8 Å². The van der Waals surface area contributed by atoms with E-state index in [0.717, 1.165) is 0 Å². The van der Waals surface area contributed by atoms with Crippen LogP contribution in [0.5, 0.6) is 0 Å². The second kappa shape index (κ2) is 5.55. The lowest BCUT2D eigenvalue weighted by Crippen LogP contribution is -2.15. The van der Waals surface area contributed by atoms with Gasteiger partial charge in [0.25, 0.3) is 0 Å². The summed E-state index contributed by atoms with van der Waals surface area (Å²) in [5.74, 6) is -0.218. The van der Waals surface area contributed by atoms with Gasteiger partial charge in [-0.2, -0.15) is 0 Å². The van der Waals surface area contributed by atoms with Gasteiger partial charge in [-0.25, -0.2) is 0 Å². The molecular formula is C8H12Cl2O2. The van der Waals surface area contributed by atoms with Crippen LogP contribution in [0, 0.1) is 0 Å². The first kappa shape index (κ1) is 11.9. The molecule has 0 spiro atoms. The lowest BCUT2D eigenvalue weighted by atomic mass is 10.1. The Kier molecular flexibility index (Phi) is 5.51. The molecule has 0 bridgehead atoms. The fraction of sp³-hybridized carbons (Fsp3) is 0.750. The van der Waals surface area contributed by atoms with Crippen molar-refractivity contribution < 1.29 is 9.59 Å². The van der Waals surface area contributed by atoms with E-state index in [9.17, 15) is 9.59 Å². The van der Waals surface area contributed by atoms with Gasteiger partial charge < -0.3 is 0 Å². The minimum atomic E-state index is -0.511. The van der Waals surface area contributed by atoms with Crippen molar-refractivity contribution in [2.24, 2.45) is 0 Å². The number of hydrogen-bond acceptors (Lipinski definition) is 2. The zero-order chi connectivity index (χ0) is 9.72. The van der Waals surface area contributed by atoms with E-state index in [1.807, 2.05) is 0 Å². The van der Waals surface area contributed by atoms with Gasteiger partial charge in [0, 0.05) is 12.8 Å². The van der Waals surface area contributed by atoms with E-state index in [1.165, 1.54) is 0 Å². The summed E-state index contributed by atoms with van der Waals surface area (Å²) in [6.45, 7) is 3.19. The maximum atomic E-state index is 10.9. The van der Waals surface area contributed by atoms with Crippen molar-refractivity contribution in [2.45, 2.75) is 37.4 Å². The topological polar surface area (TPSA) is 34.1 Å². The molecule has 0 saturated heterocycles. The first-order valence-electron chi connectivity index (χ1n) is 3.78. The fourth-order valence-corrected chi connectivity index (χ4v) is 0.862. The highest BCUT2D eigenvalue weighted by Crippen LogP contribution is 2.06. The maximum absolute atomic E-state index is 10.9. The summed E-state index contributed by atoms with van der Waals surface area (Å²) in [4.78, 5) is 21.9. The summed E-state index contributed by atoms with van der Waals surface area (Å²) in [5.41, 5.74) is 0. The van der Waals surface area contributed by atoms with Gasteiger partial charge >= 0.3 is 0 Å². The third-order valence-electron chi connectivity index (χ3n) is 1.51. The van der Waals surface area contributed by atoms with Gasteiger partial charge in [-0.15, -0.1) is 23.2 Å². The van der Waals surface area contributed by atoms with Crippen LogP contribution in [0.25, 0.3) is 0 Å². The Bertz CT molecular complexity index is 156. The van der Waals surface area contributed by atoms with Crippen LogP contribution in [0.3, 0.4) is 0 Å². The lowest BCUT2D eigenvalue weighted by molar-refractivity contribution is -0.123. The highest BCUT2D eigenvalue weighted by Gasteiger charge is 2.14. The number of carbonyl (C=O) groups is 2. The molecule has 0 radical (unpaired) electrons. The van der Waals surface area contributed by atoms with Gasteiger partial charge in [0.2, 0.25) is 0 Å². The van der Waals surface area contributed by atoms with Gasteiger partial charge in [0.15, 0.2) is 11.6 Å². The molecule has 0 heterocycles. The number of alkyl halides is 2. The third kappa shape index (κ3) is 4.73. The summed E-state index contributed by atoms with van der Waals surface area (Å²) in [7, 11) is 0. The normalized spacial score (nSPS) is 15.3.